The van der Waals surface area contributed by atoms with Crippen molar-refractivity contribution in [1.82, 2.24) is 0 Å². The number of hydrogen-bond acceptors (Lipinski definition) is 3. The standard InChI is InChI=1S/C12H21NO2/c13-8-9-4-1-2-7-11(9)12(14)15-10-5-3-6-10/h9-11H,1-8,13H2. The number of nitrogens with two attached hydrogens (primary N) is 1. The van der Waals surface area contributed by atoms with Crippen LogP contribution in [0.2, 0.25) is 0 Å². The summed E-state index contributed by atoms with van der Waals surface area (Å²) in [7, 11) is 0. The first kappa shape index (κ1) is 10.9. The second-order valence-corrected chi connectivity index (χ2v) is 4.88. The van der Waals surface area contributed by atoms with Gasteiger partial charge >= 0.3 is 5.97 Å². The van der Waals surface area contributed by atoms with Crippen molar-refractivity contribution < 1.29 is 9.53 Å². The van der Waals surface area contributed by atoms with Gasteiger partial charge in [-0.25, -0.2) is 0 Å². The monoisotopic (exact) mass is 211 g/mol. The van der Waals surface area contributed by atoms with Crippen LogP contribution in [0.1, 0.15) is 44.9 Å². The average Bonchev–Trinajstić information content (AvgIpc) is 2.23. The summed E-state index contributed by atoms with van der Waals surface area (Å²) in [6.07, 6.45) is 8.00. The Labute approximate surface area is 91.4 Å². The summed E-state index contributed by atoms with van der Waals surface area (Å²) in [6, 6.07) is 0. The van der Waals surface area contributed by atoms with Crippen molar-refractivity contribution in [3.63, 3.8) is 0 Å². The van der Waals surface area contributed by atoms with Crippen LogP contribution in [-0.2, 0) is 9.53 Å². The zero-order chi connectivity index (χ0) is 10.7. The number of ether oxygens (including phenoxy) is 1. The third-order valence-corrected chi connectivity index (χ3v) is 3.85. The van der Waals surface area contributed by atoms with Gasteiger partial charge in [0.25, 0.3) is 0 Å². The van der Waals surface area contributed by atoms with Crippen LogP contribution in [0.25, 0.3) is 0 Å². The van der Waals surface area contributed by atoms with E-state index in [2.05, 4.69) is 0 Å². The van der Waals surface area contributed by atoms with E-state index >= 15 is 0 Å². The van der Waals surface area contributed by atoms with Crippen molar-refractivity contribution in [3.8, 4) is 0 Å². The lowest BCUT2D eigenvalue weighted by Crippen LogP contribution is -2.36. The van der Waals surface area contributed by atoms with Gasteiger partial charge < -0.3 is 10.5 Å². The van der Waals surface area contributed by atoms with Crippen LogP contribution >= 0.6 is 0 Å². The van der Waals surface area contributed by atoms with Crippen LogP contribution in [-0.4, -0.2) is 18.6 Å². The van der Waals surface area contributed by atoms with Gasteiger partial charge in [-0.1, -0.05) is 12.8 Å². The van der Waals surface area contributed by atoms with Gasteiger partial charge in [0, 0.05) is 0 Å². The molecule has 86 valence electrons. The molecule has 0 aromatic heterocycles. The van der Waals surface area contributed by atoms with Crippen LogP contribution in [0.3, 0.4) is 0 Å². The second kappa shape index (κ2) is 4.97. The molecule has 2 aliphatic rings. The first-order valence-corrected chi connectivity index (χ1v) is 6.22. The molecule has 0 aromatic carbocycles. The fourth-order valence-corrected chi connectivity index (χ4v) is 2.54. The third-order valence-electron chi connectivity index (χ3n) is 3.85. The highest BCUT2D eigenvalue weighted by molar-refractivity contribution is 5.73. The number of esters is 1. The van der Waals surface area contributed by atoms with Crippen molar-refractivity contribution in [2.24, 2.45) is 17.6 Å². The zero-order valence-corrected chi connectivity index (χ0v) is 9.28. The lowest BCUT2D eigenvalue weighted by atomic mass is 9.79. The van der Waals surface area contributed by atoms with Gasteiger partial charge in [0.05, 0.1) is 5.92 Å². The van der Waals surface area contributed by atoms with Gasteiger partial charge in [-0.3, -0.25) is 4.79 Å². The van der Waals surface area contributed by atoms with E-state index < -0.39 is 0 Å². The molecule has 0 saturated heterocycles. The molecule has 2 atom stereocenters. The highest BCUT2D eigenvalue weighted by atomic mass is 16.5. The summed E-state index contributed by atoms with van der Waals surface area (Å²) in [4.78, 5) is 11.9. The van der Waals surface area contributed by atoms with Crippen molar-refractivity contribution in [1.29, 1.82) is 0 Å². The smallest absolute Gasteiger partial charge is 0.309 e. The molecule has 15 heavy (non-hydrogen) atoms. The molecule has 2 unspecified atom stereocenters. The molecule has 2 fully saturated rings. The minimum Gasteiger partial charge on any atom is -0.462 e. The van der Waals surface area contributed by atoms with Crippen LogP contribution in [0, 0.1) is 11.8 Å². The molecular formula is C12H21NO2. The van der Waals surface area contributed by atoms with Crippen molar-refractivity contribution in [2.45, 2.75) is 51.0 Å². The van der Waals surface area contributed by atoms with E-state index in [-0.39, 0.29) is 18.0 Å². The van der Waals surface area contributed by atoms with E-state index in [9.17, 15) is 4.79 Å². The SMILES string of the molecule is NCC1CCCCC1C(=O)OC1CCC1. The molecule has 0 spiro atoms. The van der Waals surface area contributed by atoms with E-state index in [1.54, 1.807) is 0 Å². The van der Waals surface area contributed by atoms with Gasteiger partial charge in [0.1, 0.15) is 6.10 Å². The number of rotatable bonds is 3. The molecule has 0 aliphatic heterocycles. The fourth-order valence-electron chi connectivity index (χ4n) is 2.54. The van der Waals surface area contributed by atoms with E-state index in [0.29, 0.717) is 12.5 Å². The minimum absolute atomic E-state index is 0.0230. The third kappa shape index (κ3) is 2.51. The Hall–Kier alpha value is -0.570. The average molecular weight is 211 g/mol. The first-order valence-electron chi connectivity index (χ1n) is 6.22. The molecule has 0 bridgehead atoms. The number of carbonyl (C=O) groups is 1. The summed E-state index contributed by atoms with van der Waals surface area (Å²) < 4.78 is 5.46. The largest absolute Gasteiger partial charge is 0.462 e. The van der Waals surface area contributed by atoms with Gasteiger partial charge in [0.15, 0.2) is 0 Å². The van der Waals surface area contributed by atoms with E-state index in [0.717, 1.165) is 32.1 Å². The normalized spacial score (nSPS) is 32.1. The molecule has 2 aliphatic carbocycles. The van der Waals surface area contributed by atoms with E-state index in [1.165, 1.54) is 12.8 Å². The van der Waals surface area contributed by atoms with E-state index in [4.69, 9.17) is 10.5 Å². The summed E-state index contributed by atoms with van der Waals surface area (Å²) >= 11 is 0. The van der Waals surface area contributed by atoms with Gasteiger partial charge in [-0.15, -0.1) is 0 Å². The Bertz CT molecular complexity index is 226. The predicted octanol–water partition coefficient (Wildman–Crippen LogP) is 1.85. The maximum absolute atomic E-state index is 11.9. The van der Waals surface area contributed by atoms with Gasteiger partial charge in [-0.2, -0.15) is 0 Å². The van der Waals surface area contributed by atoms with Crippen molar-refractivity contribution in [2.75, 3.05) is 6.54 Å². The molecule has 3 heteroatoms. The second-order valence-electron chi connectivity index (χ2n) is 4.88. The van der Waals surface area contributed by atoms with Gasteiger partial charge in [0.2, 0.25) is 0 Å². The highest BCUT2D eigenvalue weighted by Gasteiger charge is 2.33. The molecular weight excluding hydrogens is 190 g/mol. The fraction of sp³-hybridized carbons (Fsp3) is 0.917. The summed E-state index contributed by atoms with van der Waals surface area (Å²) in [5.41, 5.74) is 5.70. The lowest BCUT2D eigenvalue weighted by Gasteiger charge is -2.32. The van der Waals surface area contributed by atoms with Crippen LogP contribution < -0.4 is 5.73 Å². The molecule has 0 aromatic rings. The summed E-state index contributed by atoms with van der Waals surface area (Å²) in [5.74, 6) is 0.477. The quantitative estimate of drug-likeness (QED) is 0.725. The first-order chi connectivity index (χ1) is 7.31. The molecule has 2 N–H and O–H groups in total. The zero-order valence-electron chi connectivity index (χ0n) is 9.28. The molecule has 0 amide bonds. The minimum atomic E-state index is 0.0230. The summed E-state index contributed by atoms with van der Waals surface area (Å²) in [5, 5.41) is 0. The number of carbonyl (C=O) groups excluding carboxylic acids is 1. The van der Waals surface area contributed by atoms with Crippen LogP contribution in [0.15, 0.2) is 0 Å². The van der Waals surface area contributed by atoms with Gasteiger partial charge in [-0.05, 0) is 44.6 Å². The van der Waals surface area contributed by atoms with Crippen LogP contribution in [0.5, 0.6) is 0 Å². The Balaban J connectivity index is 1.85. The van der Waals surface area contributed by atoms with E-state index in [1.807, 2.05) is 0 Å². The molecule has 0 radical (unpaired) electrons. The Morgan fingerprint density at radius 1 is 1.13 bits per heavy atom. The highest BCUT2D eigenvalue weighted by Crippen LogP contribution is 2.32. The summed E-state index contributed by atoms with van der Waals surface area (Å²) in [6.45, 7) is 0.629. The maximum atomic E-state index is 11.9. The topological polar surface area (TPSA) is 52.3 Å². The molecule has 2 rings (SSSR count). The number of hydrogen-bond donors (Lipinski definition) is 1. The Morgan fingerprint density at radius 2 is 1.87 bits per heavy atom. The molecule has 2 saturated carbocycles. The lowest BCUT2D eigenvalue weighted by molar-refractivity contribution is -0.161. The van der Waals surface area contributed by atoms with Crippen molar-refractivity contribution >= 4 is 5.97 Å². The maximum Gasteiger partial charge on any atom is 0.309 e. The predicted molar refractivity (Wildman–Crippen MR) is 58.2 cm³/mol. The molecule has 0 heterocycles. The Kier molecular flexibility index (Phi) is 3.62. The van der Waals surface area contributed by atoms with Crippen LogP contribution in [0.4, 0.5) is 0 Å². The Morgan fingerprint density at radius 3 is 2.47 bits per heavy atom. The molecule has 3 nitrogen and oxygen atoms in total. The van der Waals surface area contributed by atoms with Crippen molar-refractivity contribution in [3.05, 3.63) is 0 Å².